The number of amides is 1. The molecule has 0 atom stereocenters. The van der Waals surface area contributed by atoms with E-state index in [1.807, 2.05) is 6.07 Å². The number of fused-ring (bicyclic) bond motifs is 1. The highest BCUT2D eigenvalue weighted by atomic mass is 79.9. The van der Waals surface area contributed by atoms with Crippen LogP contribution in [-0.4, -0.2) is 5.91 Å². The van der Waals surface area contributed by atoms with E-state index in [2.05, 4.69) is 21.2 Å². The summed E-state index contributed by atoms with van der Waals surface area (Å²) in [5.74, 6) is -0.0533. The number of hydrogen-bond donors (Lipinski definition) is 1. The van der Waals surface area contributed by atoms with Crippen molar-refractivity contribution in [1.29, 1.82) is 0 Å². The van der Waals surface area contributed by atoms with Crippen LogP contribution in [0.3, 0.4) is 0 Å². The predicted molar refractivity (Wildman–Crippen MR) is 83.4 cm³/mol. The lowest BCUT2D eigenvalue weighted by molar-refractivity contribution is 0.103. The fraction of sp³-hybridized carbons (Fsp3) is 0.214. The zero-order chi connectivity index (χ0) is 13.4. The van der Waals surface area contributed by atoms with Crippen LogP contribution in [0.4, 0.5) is 5.69 Å². The number of carbonyl (C=O) groups excluding carboxylic acids is 1. The van der Waals surface area contributed by atoms with Crippen LogP contribution in [0, 0.1) is 0 Å². The first kappa shape index (κ1) is 13.2. The zero-order valence-corrected chi connectivity index (χ0v) is 13.2. The smallest absolute Gasteiger partial charge is 0.265 e. The average Bonchev–Trinajstić information content (AvgIpc) is 2.93. The van der Waals surface area contributed by atoms with Crippen molar-refractivity contribution in [1.82, 2.24) is 0 Å². The van der Waals surface area contributed by atoms with Gasteiger partial charge in [-0.25, -0.2) is 0 Å². The summed E-state index contributed by atoms with van der Waals surface area (Å²) in [5.41, 5.74) is 2.08. The molecule has 1 aromatic heterocycles. The standard InChI is InChI=1S/C14H11BrClNOS/c15-10-7-9(16)4-5-11(10)17-14(18)13-6-8-2-1-3-12(8)19-13/h4-7H,1-3H2,(H,17,18). The fourth-order valence-electron chi connectivity index (χ4n) is 2.22. The van der Waals surface area contributed by atoms with Gasteiger partial charge in [0.05, 0.1) is 10.6 Å². The summed E-state index contributed by atoms with van der Waals surface area (Å²) in [6.45, 7) is 0. The molecule has 1 aliphatic rings. The van der Waals surface area contributed by atoms with Crippen molar-refractivity contribution in [3.8, 4) is 0 Å². The van der Waals surface area contributed by atoms with Crippen molar-refractivity contribution >= 4 is 50.5 Å². The van der Waals surface area contributed by atoms with Gasteiger partial charge in [-0.1, -0.05) is 11.6 Å². The maximum absolute atomic E-state index is 12.2. The maximum Gasteiger partial charge on any atom is 0.265 e. The van der Waals surface area contributed by atoms with E-state index in [1.165, 1.54) is 16.9 Å². The predicted octanol–water partition coefficient (Wildman–Crippen LogP) is 4.91. The summed E-state index contributed by atoms with van der Waals surface area (Å²) < 4.78 is 0.789. The van der Waals surface area contributed by atoms with Crippen LogP contribution in [0.2, 0.25) is 5.02 Å². The number of anilines is 1. The first-order valence-corrected chi connectivity index (χ1v) is 8.00. The SMILES string of the molecule is O=C(Nc1ccc(Cl)cc1Br)c1cc2c(s1)CCC2. The van der Waals surface area contributed by atoms with Gasteiger partial charge in [-0.05, 0) is 65.0 Å². The summed E-state index contributed by atoms with van der Waals surface area (Å²) >= 11 is 10.9. The lowest BCUT2D eigenvalue weighted by Crippen LogP contribution is -2.10. The molecule has 1 heterocycles. The van der Waals surface area contributed by atoms with E-state index in [1.54, 1.807) is 29.5 Å². The van der Waals surface area contributed by atoms with Gasteiger partial charge in [0.2, 0.25) is 0 Å². The number of hydrogen-bond acceptors (Lipinski definition) is 2. The Kier molecular flexibility index (Phi) is 3.65. The van der Waals surface area contributed by atoms with Gasteiger partial charge >= 0.3 is 0 Å². The van der Waals surface area contributed by atoms with Crippen LogP contribution in [0.15, 0.2) is 28.7 Å². The van der Waals surface area contributed by atoms with E-state index in [0.29, 0.717) is 5.02 Å². The van der Waals surface area contributed by atoms with E-state index >= 15 is 0 Å². The monoisotopic (exact) mass is 355 g/mol. The fourth-order valence-corrected chi connectivity index (χ4v) is 4.15. The van der Waals surface area contributed by atoms with Crippen LogP contribution in [-0.2, 0) is 12.8 Å². The van der Waals surface area contributed by atoms with Gasteiger partial charge in [0.25, 0.3) is 5.91 Å². The van der Waals surface area contributed by atoms with Crippen LogP contribution >= 0.6 is 38.9 Å². The molecule has 0 spiro atoms. The molecule has 3 rings (SSSR count). The van der Waals surface area contributed by atoms with Gasteiger partial charge in [-0.15, -0.1) is 11.3 Å². The second-order valence-corrected chi connectivity index (χ2v) is 6.92. The minimum absolute atomic E-state index is 0.0533. The molecule has 0 radical (unpaired) electrons. The van der Waals surface area contributed by atoms with Gasteiger partial charge in [0, 0.05) is 14.4 Å². The molecule has 19 heavy (non-hydrogen) atoms. The maximum atomic E-state index is 12.2. The first-order valence-electron chi connectivity index (χ1n) is 6.01. The highest BCUT2D eigenvalue weighted by Gasteiger charge is 2.18. The molecule has 1 aromatic carbocycles. The van der Waals surface area contributed by atoms with Crippen LogP contribution in [0.25, 0.3) is 0 Å². The summed E-state index contributed by atoms with van der Waals surface area (Å²) in [6, 6.07) is 7.35. The number of thiophene rings is 1. The van der Waals surface area contributed by atoms with Gasteiger partial charge in [0.1, 0.15) is 0 Å². The van der Waals surface area contributed by atoms with Crippen molar-refractivity contribution in [3.05, 3.63) is 49.1 Å². The number of rotatable bonds is 2. The molecule has 0 aliphatic heterocycles. The van der Waals surface area contributed by atoms with Crippen molar-refractivity contribution in [2.45, 2.75) is 19.3 Å². The quantitative estimate of drug-likeness (QED) is 0.814. The minimum Gasteiger partial charge on any atom is -0.320 e. The van der Waals surface area contributed by atoms with Crippen molar-refractivity contribution < 1.29 is 4.79 Å². The normalized spacial score (nSPS) is 13.4. The van der Waals surface area contributed by atoms with Crippen LogP contribution in [0.1, 0.15) is 26.5 Å². The number of nitrogens with one attached hydrogen (secondary N) is 1. The second-order valence-electron chi connectivity index (χ2n) is 4.49. The first-order chi connectivity index (χ1) is 9.13. The molecule has 0 bridgehead atoms. The number of aryl methyl sites for hydroxylation is 2. The third-order valence-electron chi connectivity index (χ3n) is 3.15. The molecule has 1 aliphatic carbocycles. The number of halogens is 2. The summed E-state index contributed by atoms with van der Waals surface area (Å²) in [6.07, 6.45) is 3.42. The Morgan fingerprint density at radius 3 is 2.89 bits per heavy atom. The summed E-state index contributed by atoms with van der Waals surface area (Å²) in [5, 5.41) is 3.55. The molecule has 1 amide bonds. The highest BCUT2D eigenvalue weighted by Crippen LogP contribution is 2.32. The third kappa shape index (κ3) is 2.71. The Labute approximate surface area is 128 Å². The molecular formula is C14H11BrClNOS. The zero-order valence-electron chi connectivity index (χ0n) is 10.0. The molecule has 5 heteroatoms. The molecule has 2 aromatic rings. The largest absolute Gasteiger partial charge is 0.320 e. The molecule has 1 N–H and O–H groups in total. The van der Waals surface area contributed by atoms with Crippen molar-refractivity contribution in [2.75, 3.05) is 5.32 Å². The molecule has 0 saturated carbocycles. The number of carbonyl (C=O) groups is 1. The molecule has 0 unspecified atom stereocenters. The topological polar surface area (TPSA) is 29.1 Å². The summed E-state index contributed by atoms with van der Waals surface area (Å²) in [7, 11) is 0. The average molecular weight is 357 g/mol. The summed E-state index contributed by atoms with van der Waals surface area (Å²) in [4.78, 5) is 14.3. The molecule has 0 fully saturated rings. The van der Waals surface area contributed by atoms with E-state index in [9.17, 15) is 4.79 Å². The molecule has 98 valence electrons. The van der Waals surface area contributed by atoms with E-state index in [0.717, 1.165) is 27.9 Å². The van der Waals surface area contributed by atoms with E-state index < -0.39 is 0 Å². The van der Waals surface area contributed by atoms with Gasteiger partial charge in [0.15, 0.2) is 0 Å². The van der Waals surface area contributed by atoms with E-state index in [4.69, 9.17) is 11.6 Å². The molecule has 0 saturated heterocycles. The lowest BCUT2D eigenvalue weighted by atomic mass is 10.2. The number of benzene rings is 1. The van der Waals surface area contributed by atoms with E-state index in [-0.39, 0.29) is 5.91 Å². The Hall–Kier alpha value is -0.840. The van der Waals surface area contributed by atoms with Crippen LogP contribution in [0.5, 0.6) is 0 Å². The minimum atomic E-state index is -0.0533. The van der Waals surface area contributed by atoms with Crippen molar-refractivity contribution in [3.63, 3.8) is 0 Å². The third-order valence-corrected chi connectivity index (χ3v) is 5.28. The Morgan fingerprint density at radius 1 is 1.32 bits per heavy atom. The van der Waals surface area contributed by atoms with Gasteiger partial charge in [-0.3, -0.25) is 4.79 Å². The Morgan fingerprint density at radius 2 is 2.16 bits per heavy atom. The Bertz CT molecular complexity index is 631. The Balaban J connectivity index is 1.80. The second kappa shape index (κ2) is 5.27. The van der Waals surface area contributed by atoms with Crippen LogP contribution < -0.4 is 5.32 Å². The van der Waals surface area contributed by atoms with Crippen molar-refractivity contribution in [2.24, 2.45) is 0 Å². The van der Waals surface area contributed by atoms with Gasteiger partial charge < -0.3 is 5.32 Å². The lowest BCUT2D eigenvalue weighted by Gasteiger charge is -2.06. The van der Waals surface area contributed by atoms with Gasteiger partial charge in [-0.2, -0.15) is 0 Å². The molecule has 2 nitrogen and oxygen atoms in total. The molecular weight excluding hydrogens is 346 g/mol. The highest BCUT2D eigenvalue weighted by molar-refractivity contribution is 9.10.